The highest BCUT2D eigenvalue weighted by atomic mass is 16.6. The predicted octanol–water partition coefficient (Wildman–Crippen LogP) is 2.73. The topological polar surface area (TPSA) is 97.9 Å². The summed E-state index contributed by atoms with van der Waals surface area (Å²) in [6, 6.07) is 10.5. The normalized spacial score (nSPS) is 20.4. The Morgan fingerprint density at radius 1 is 1.15 bits per heavy atom. The summed E-state index contributed by atoms with van der Waals surface area (Å²) in [6.45, 7) is 7.18. The van der Waals surface area contributed by atoms with E-state index in [1.807, 2.05) is 24.3 Å². The third-order valence-electron chi connectivity index (χ3n) is 4.37. The molecule has 2 aromatic rings. The molecule has 1 aromatic carbocycles. The summed E-state index contributed by atoms with van der Waals surface area (Å²) in [5.74, 6) is -1.01. The molecule has 1 saturated heterocycles. The number of furan rings is 1. The second kappa shape index (κ2) is 8.32. The molecule has 8 heteroatoms. The molecule has 2 atom stereocenters. The molecule has 144 valence electrons. The summed E-state index contributed by atoms with van der Waals surface area (Å²) in [6.07, 6.45) is 0.473. The highest BCUT2D eigenvalue weighted by Crippen LogP contribution is 2.16. The van der Waals surface area contributed by atoms with Crippen LogP contribution in [0.2, 0.25) is 0 Å². The minimum Gasteiger partial charge on any atom is -0.395 e. The first-order valence-corrected chi connectivity index (χ1v) is 8.89. The average molecular weight is 373 g/mol. The number of morpholine rings is 1. The van der Waals surface area contributed by atoms with Crippen molar-refractivity contribution in [3.63, 3.8) is 0 Å². The maximum Gasteiger partial charge on any atom is 0.433 e. The molecule has 1 N–H and O–H groups in total. The zero-order chi connectivity index (χ0) is 19.4. The van der Waals surface area contributed by atoms with Crippen LogP contribution in [0.15, 0.2) is 40.8 Å². The van der Waals surface area contributed by atoms with E-state index in [0.29, 0.717) is 6.54 Å². The third kappa shape index (κ3) is 5.15. The fourth-order valence-electron chi connectivity index (χ4n) is 3.25. The van der Waals surface area contributed by atoms with Crippen LogP contribution < -0.4 is 5.32 Å². The summed E-state index contributed by atoms with van der Waals surface area (Å²) in [4.78, 5) is 24.3. The van der Waals surface area contributed by atoms with Crippen LogP contribution in [-0.4, -0.2) is 41.0 Å². The Balaban J connectivity index is 1.51. The number of rotatable bonds is 6. The SMILES string of the molecule is CC1CN(Cc2ccc(CNC(=O)c3ccc([N+](=O)[O-])o3)cc2)CC(C)O1. The van der Waals surface area contributed by atoms with Crippen molar-refractivity contribution in [2.45, 2.75) is 39.1 Å². The van der Waals surface area contributed by atoms with Gasteiger partial charge in [0.25, 0.3) is 5.91 Å². The molecule has 1 fully saturated rings. The molecule has 1 amide bonds. The van der Waals surface area contributed by atoms with Gasteiger partial charge in [-0.25, -0.2) is 0 Å². The summed E-state index contributed by atoms with van der Waals surface area (Å²) in [7, 11) is 0. The largest absolute Gasteiger partial charge is 0.433 e. The first kappa shape index (κ1) is 19.1. The number of benzene rings is 1. The first-order valence-electron chi connectivity index (χ1n) is 8.89. The molecule has 2 unspecified atom stereocenters. The molecule has 0 bridgehead atoms. The lowest BCUT2D eigenvalue weighted by atomic mass is 10.1. The van der Waals surface area contributed by atoms with Gasteiger partial charge < -0.3 is 14.5 Å². The maximum absolute atomic E-state index is 12.0. The standard InChI is InChI=1S/C19H23N3O5/c1-13-10-21(11-14(2)26-13)12-16-5-3-15(4-6-16)9-20-19(23)17-7-8-18(27-17)22(24)25/h3-8,13-14H,9-12H2,1-2H3,(H,20,23). The Hall–Kier alpha value is -2.71. The molecule has 0 aliphatic carbocycles. The molecule has 1 aliphatic heterocycles. The van der Waals surface area contributed by atoms with Gasteiger partial charge in [0.15, 0.2) is 5.76 Å². The molecule has 0 radical (unpaired) electrons. The second-order valence-corrected chi connectivity index (χ2v) is 6.85. The highest BCUT2D eigenvalue weighted by molar-refractivity contribution is 5.91. The van der Waals surface area contributed by atoms with Crippen LogP contribution in [0.3, 0.4) is 0 Å². The Kier molecular flexibility index (Phi) is 5.88. The van der Waals surface area contributed by atoms with Crippen molar-refractivity contribution >= 4 is 11.8 Å². The number of nitrogens with one attached hydrogen (secondary N) is 1. The monoisotopic (exact) mass is 373 g/mol. The zero-order valence-corrected chi connectivity index (χ0v) is 15.4. The Morgan fingerprint density at radius 3 is 2.37 bits per heavy atom. The van der Waals surface area contributed by atoms with E-state index in [0.717, 1.165) is 31.3 Å². The molecule has 1 aromatic heterocycles. The van der Waals surface area contributed by atoms with Gasteiger partial charge in [0.2, 0.25) is 0 Å². The second-order valence-electron chi connectivity index (χ2n) is 6.85. The van der Waals surface area contributed by atoms with Crippen molar-refractivity contribution in [3.05, 3.63) is 63.4 Å². The minimum absolute atomic E-state index is 0.0751. The van der Waals surface area contributed by atoms with Gasteiger partial charge in [-0.1, -0.05) is 24.3 Å². The van der Waals surface area contributed by atoms with Crippen molar-refractivity contribution in [2.24, 2.45) is 0 Å². The summed E-state index contributed by atoms with van der Waals surface area (Å²) in [5.41, 5.74) is 2.14. The van der Waals surface area contributed by atoms with Crippen LogP contribution in [0.4, 0.5) is 5.88 Å². The van der Waals surface area contributed by atoms with Crippen LogP contribution in [-0.2, 0) is 17.8 Å². The highest BCUT2D eigenvalue weighted by Gasteiger charge is 2.22. The van der Waals surface area contributed by atoms with E-state index in [9.17, 15) is 14.9 Å². The molecule has 0 saturated carbocycles. The predicted molar refractivity (Wildman–Crippen MR) is 98.3 cm³/mol. The lowest BCUT2D eigenvalue weighted by molar-refractivity contribution is -0.402. The van der Waals surface area contributed by atoms with Crippen molar-refractivity contribution in [3.8, 4) is 0 Å². The Labute approximate surface area is 157 Å². The van der Waals surface area contributed by atoms with Gasteiger partial charge in [0.1, 0.15) is 4.92 Å². The number of carbonyl (C=O) groups is 1. The quantitative estimate of drug-likeness (QED) is 0.618. The number of nitro groups is 1. The number of carbonyl (C=O) groups excluding carboxylic acids is 1. The van der Waals surface area contributed by atoms with Gasteiger partial charge in [-0.3, -0.25) is 19.8 Å². The molecule has 27 heavy (non-hydrogen) atoms. The van der Waals surface area contributed by atoms with E-state index in [2.05, 4.69) is 24.1 Å². The zero-order valence-electron chi connectivity index (χ0n) is 15.4. The van der Waals surface area contributed by atoms with Crippen LogP contribution in [0.25, 0.3) is 0 Å². The van der Waals surface area contributed by atoms with Gasteiger partial charge in [-0.15, -0.1) is 0 Å². The Bertz CT molecular complexity index is 792. The minimum atomic E-state index is -0.675. The molecule has 1 aliphatic rings. The number of ether oxygens (including phenoxy) is 1. The van der Waals surface area contributed by atoms with E-state index in [-0.39, 0.29) is 18.0 Å². The fraction of sp³-hybridized carbons (Fsp3) is 0.421. The van der Waals surface area contributed by atoms with Gasteiger partial charge in [0.05, 0.1) is 18.3 Å². The number of hydrogen-bond acceptors (Lipinski definition) is 6. The van der Waals surface area contributed by atoms with Gasteiger partial charge in [-0.05, 0) is 31.0 Å². The lowest BCUT2D eigenvalue weighted by Crippen LogP contribution is -2.44. The van der Waals surface area contributed by atoms with Crippen molar-refractivity contribution in [1.29, 1.82) is 0 Å². The van der Waals surface area contributed by atoms with E-state index in [1.54, 1.807) is 0 Å². The molecule has 8 nitrogen and oxygen atoms in total. The van der Waals surface area contributed by atoms with Crippen LogP contribution >= 0.6 is 0 Å². The Morgan fingerprint density at radius 2 is 1.78 bits per heavy atom. The third-order valence-corrected chi connectivity index (χ3v) is 4.37. The number of hydrogen-bond donors (Lipinski definition) is 1. The van der Waals surface area contributed by atoms with Crippen LogP contribution in [0, 0.1) is 10.1 Å². The van der Waals surface area contributed by atoms with E-state index >= 15 is 0 Å². The van der Waals surface area contributed by atoms with E-state index < -0.39 is 16.7 Å². The lowest BCUT2D eigenvalue weighted by Gasteiger charge is -2.35. The molecule has 0 spiro atoms. The summed E-state index contributed by atoms with van der Waals surface area (Å²) in [5, 5.41) is 13.3. The summed E-state index contributed by atoms with van der Waals surface area (Å²) >= 11 is 0. The molecular weight excluding hydrogens is 350 g/mol. The van der Waals surface area contributed by atoms with Crippen molar-refractivity contribution in [2.75, 3.05) is 13.1 Å². The van der Waals surface area contributed by atoms with Gasteiger partial charge >= 0.3 is 5.88 Å². The number of amides is 1. The smallest absolute Gasteiger partial charge is 0.395 e. The van der Waals surface area contributed by atoms with Crippen LogP contribution in [0.1, 0.15) is 35.5 Å². The van der Waals surface area contributed by atoms with Crippen molar-refractivity contribution in [1.82, 2.24) is 10.2 Å². The van der Waals surface area contributed by atoms with Gasteiger partial charge in [0, 0.05) is 26.2 Å². The average Bonchev–Trinajstić information content (AvgIpc) is 3.10. The van der Waals surface area contributed by atoms with Gasteiger partial charge in [-0.2, -0.15) is 0 Å². The number of nitrogens with zero attached hydrogens (tertiary/aromatic N) is 2. The molecule has 2 heterocycles. The molecular formula is C19H23N3O5. The fourth-order valence-corrected chi connectivity index (χ4v) is 3.25. The maximum atomic E-state index is 12.0. The van der Waals surface area contributed by atoms with E-state index in [4.69, 9.17) is 9.15 Å². The van der Waals surface area contributed by atoms with E-state index in [1.165, 1.54) is 11.6 Å². The molecule has 3 rings (SSSR count). The first-order chi connectivity index (χ1) is 12.9. The van der Waals surface area contributed by atoms with Crippen LogP contribution in [0.5, 0.6) is 0 Å². The summed E-state index contributed by atoms with van der Waals surface area (Å²) < 4.78 is 10.6. The van der Waals surface area contributed by atoms with Crippen molar-refractivity contribution < 1.29 is 18.9 Å².